The van der Waals surface area contributed by atoms with Gasteiger partial charge in [-0.1, -0.05) is 23.7 Å². The maximum absolute atomic E-state index is 6.54. The molecule has 1 aromatic heterocycles. The van der Waals surface area contributed by atoms with Crippen LogP contribution < -0.4 is 34.2 Å². The number of hydrazone groups is 1. The van der Waals surface area contributed by atoms with Gasteiger partial charge in [0.1, 0.15) is 19.0 Å². The third-order valence-electron chi connectivity index (χ3n) is 4.94. The molecule has 0 aliphatic rings. The minimum Gasteiger partial charge on any atom is -0.493 e. The van der Waals surface area contributed by atoms with E-state index in [1.54, 1.807) is 19.4 Å². The Morgan fingerprint density at radius 2 is 1.65 bits per heavy atom. The molecule has 0 amide bonds. The first-order valence-corrected chi connectivity index (χ1v) is 12.1. The molecule has 3 rings (SSSR count). The van der Waals surface area contributed by atoms with Crippen LogP contribution in [-0.2, 0) is 0 Å². The maximum atomic E-state index is 6.54. The van der Waals surface area contributed by atoms with Crippen molar-refractivity contribution in [3.05, 3.63) is 53.1 Å². The zero-order valence-electron chi connectivity index (χ0n) is 22.0. The second kappa shape index (κ2) is 13.4. The van der Waals surface area contributed by atoms with Gasteiger partial charge in [-0.3, -0.25) is 5.43 Å². The highest BCUT2D eigenvalue weighted by Crippen LogP contribution is 2.36. The Morgan fingerprint density at radius 1 is 0.919 bits per heavy atom. The molecule has 0 unspecified atom stereocenters. The fourth-order valence-electron chi connectivity index (χ4n) is 3.18. The minimum absolute atomic E-state index is 0.267. The van der Waals surface area contributed by atoms with Gasteiger partial charge < -0.3 is 28.7 Å². The fraction of sp³-hybridized carbons (Fsp3) is 0.346. The molecule has 3 aromatic rings. The van der Waals surface area contributed by atoms with Gasteiger partial charge in [-0.2, -0.15) is 15.1 Å². The molecule has 0 saturated carbocycles. The number of aromatic nitrogens is 2. The average molecular weight is 529 g/mol. The summed E-state index contributed by atoms with van der Waals surface area (Å²) < 4.78 is 22.8. The number of anilines is 3. The lowest BCUT2D eigenvalue weighted by molar-refractivity contribution is 0.203. The highest BCUT2D eigenvalue weighted by Gasteiger charge is 2.13. The van der Waals surface area contributed by atoms with Crippen LogP contribution in [0.2, 0.25) is 5.02 Å². The van der Waals surface area contributed by atoms with E-state index < -0.39 is 0 Å². The van der Waals surface area contributed by atoms with E-state index in [0.29, 0.717) is 53.0 Å². The van der Waals surface area contributed by atoms with Crippen LogP contribution in [0.5, 0.6) is 23.0 Å². The number of benzene rings is 2. The number of hydrogen-bond donors (Lipinski definition) is 1. The van der Waals surface area contributed by atoms with Crippen LogP contribution in [0.15, 0.2) is 47.6 Å². The summed E-state index contributed by atoms with van der Waals surface area (Å²) >= 11 is 6.54. The monoisotopic (exact) mass is 528 g/mol. The summed E-state index contributed by atoms with van der Waals surface area (Å²) in [6.07, 6.45) is 1.63. The fourth-order valence-corrected chi connectivity index (χ4v) is 3.45. The lowest BCUT2D eigenvalue weighted by Crippen LogP contribution is -2.17. The van der Waals surface area contributed by atoms with Gasteiger partial charge in [0, 0.05) is 34.3 Å². The average Bonchev–Trinajstić information content (AvgIpc) is 2.88. The summed E-state index contributed by atoms with van der Waals surface area (Å²) in [6.45, 7) is 2.91. The van der Waals surface area contributed by atoms with Crippen LogP contribution in [0.3, 0.4) is 0 Å². The summed E-state index contributed by atoms with van der Waals surface area (Å²) in [7, 11) is 9.20. The molecule has 0 bridgehead atoms. The Labute approximate surface area is 222 Å². The smallest absolute Gasteiger partial charge is 0.228 e. The molecular formula is C26H33ClN6O4. The van der Waals surface area contributed by atoms with Gasteiger partial charge in [-0.25, -0.2) is 0 Å². The van der Waals surface area contributed by atoms with E-state index in [2.05, 4.69) is 20.5 Å². The van der Waals surface area contributed by atoms with Crippen molar-refractivity contribution in [2.45, 2.75) is 6.92 Å². The summed E-state index contributed by atoms with van der Waals surface area (Å²) in [5.41, 5.74) is 3.69. The lowest BCUT2D eigenvalue weighted by Gasteiger charge is -2.17. The Hall–Kier alpha value is -3.92. The van der Waals surface area contributed by atoms with E-state index in [-0.39, 0.29) is 6.61 Å². The van der Waals surface area contributed by atoms with Crippen LogP contribution in [-0.4, -0.2) is 71.3 Å². The van der Waals surface area contributed by atoms with E-state index in [1.807, 2.05) is 81.3 Å². The normalized spacial score (nSPS) is 10.8. The van der Waals surface area contributed by atoms with E-state index in [9.17, 15) is 0 Å². The molecular weight excluding hydrogens is 496 g/mol. The summed E-state index contributed by atoms with van der Waals surface area (Å²) in [5, 5.41) is 4.72. The number of rotatable bonds is 13. The molecule has 1 heterocycles. The number of halogens is 1. The van der Waals surface area contributed by atoms with Gasteiger partial charge in [0.15, 0.2) is 28.8 Å². The van der Waals surface area contributed by atoms with Gasteiger partial charge in [0.2, 0.25) is 5.95 Å². The molecule has 0 saturated heterocycles. The first-order valence-electron chi connectivity index (χ1n) is 11.7. The van der Waals surface area contributed by atoms with Crippen molar-refractivity contribution >= 4 is 35.4 Å². The first kappa shape index (κ1) is 27.7. The molecule has 2 aromatic carbocycles. The van der Waals surface area contributed by atoms with E-state index in [4.69, 9.17) is 30.5 Å². The summed E-state index contributed by atoms with van der Waals surface area (Å²) in [4.78, 5) is 12.7. The van der Waals surface area contributed by atoms with Gasteiger partial charge in [0.25, 0.3) is 0 Å². The number of para-hydroxylation sites is 2. The highest BCUT2D eigenvalue weighted by molar-refractivity contribution is 6.32. The van der Waals surface area contributed by atoms with Crippen molar-refractivity contribution in [3.8, 4) is 23.0 Å². The van der Waals surface area contributed by atoms with Gasteiger partial charge in [-0.05, 0) is 36.8 Å². The molecule has 37 heavy (non-hydrogen) atoms. The second-order valence-corrected chi connectivity index (χ2v) is 8.59. The van der Waals surface area contributed by atoms with Crippen LogP contribution in [0, 0.1) is 0 Å². The van der Waals surface area contributed by atoms with Crippen LogP contribution >= 0.6 is 11.6 Å². The van der Waals surface area contributed by atoms with Crippen molar-refractivity contribution in [1.29, 1.82) is 0 Å². The Bertz CT molecular complexity index is 1180. The topological polar surface area (TPSA) is 93.6 Å². The predicted molar refractivity (Wildman–Crippen MR) is 149 cm³/mol. The molecule has 1 N–H and O–H groups in total. The second-order valence-electron chi connectivity index (χ2n) is 8.18. The van der Waals surface area contributed by atoms with Crippen LogP contribution in [0.25, 0.3) is 0 Å². The summed E-state index contributed by atoms with van der Waals surface area (Å²) in [5.74, 6) is 4.15. The number of ether oxygens (including phenoxy) is 4. The largest absolute Gasteiger partial charge is 0.493 e. The molecule has 0 fully saturated rings. The summed E-state index contributed by atoms with van der Waals surface area (Å²) in [6, 6.07) is 12.8. The van der Waals surface area contributed by atoms with Crippen LogP contribution in [0.4, 0.5) is 17.6 Å². The van der Waals surface area contributed by atoms with Gasteiger partial charge in [-0.15, -0.1) is 0 Å². The SMILES string of the molecule is CCOc1cc(/C=N\Nc2cc(N(C)C)nc(N(C)C)n2)cc(Cl)c1OCCOc1ccccc1OC. The molecule has 10 nitrogen and oxygen atoms in total. The Kier molecular flexibility index (Phi) is 10.0. The Morgan fingerprint density at radius 3 is 2.32 bits per heavy atom. The van der Waals surface area contributed by atoms with Crippen molar-refractivity contribution in [2.75, 3.05) is 70.3 Å². The van der Waals surface area contributed by atoms with Gasteiger partial charge >= 0.3 is 0 Å². The third-order valence-corrected chi connectivity index (χ3v) is 5.22. The van der Waals surface area contributed by atoms with Crippen molar-refractivity contribution in [2.24, 2.45) is 5.10 Å². The third kappa shape index (κ3) is 7.78. The van der Waals surface area contributed by atoms with Crippen LogP contribution in [0.1, 0.15) is 12.5 Å². The number of hydrogen-bond acceptors (Lipinski definition) is 10. The molecule has 0 atom stereocenters. The highest BCUT2D eigenvalue weighted by atomic mass is 35.5. The lowest BCUT2D eigenvalue weighted by atomic mass is 10.2. The first-order chi connectivity index (χ1) is 17.8. The molecule has 0 aliphatic carbocycles. The molecule has 11 heteroatoms. The zero-order valence-corrected chi connectivity index (χ0v) is 22.7. The molecule has 0 radical (unpaired) electrons. The standard InChI is InChI=1S/C26H33ClN6O4/c1-7-35-22-15-18(17-28-31-23-16-24(32(2)3)30-26(29-23)33(4)5)14-19(27)25(22)37-13-12-36-21-11-9-8-10-20(21)34-6/h8-11,14-17H,7,12-13H2,1-6H3,(H,29,30,31)/b28-17-. The molecule has 198 valence electrons. The minimum atomic E-state index is 0.267. The Balaban J connectivity index is 1.68. The van der Waals surface area contributed by atoms with Crippen molar-refractivity contribution < 1.29 is 18.9 Å². The van der Waals surface area contributed by atoms with Gasteiger partial charge in [0.05, 0.1) is 25.0 Å². The molecule has 0 aliphatic heterocycles. The zero-order chi connectivity index (χ0) is 26.8. The number of methoxy groups -OCH3 is 1. The van der Waals surface area contributed by atoms with E-state index >= 15 is 0 Å². The van der Waals surface area contributed by atoms with Crippen molar-refractivity contribution in [3.63, 3.8) is 0 Å². The number of nitrogens with zero attached hydrogens (tertiary/aromatic N) is 5. The number of nitrogens with one attached hydrogen (secondary N) is 1. The maximum Gasteiger partial charge on any atom is 0.228 e. The van der Waals surface area contributed by atoms with E-state index in [0.717, 1.165) is 11.4 Å². The van der Waals surface area contributed by atoms with E-state index in [1.165, 1.54) is 0 Å². The predicted octanol–water partition coefficient (Wildman–Crippen LogP) is 4.57. The molecule has 0 spiro atoms. The van der Waals surface area contributed by atoms with Crippen molar-refractivity contribution in [1.82, 2.24) is 9.97 Å². The quantitative estimate of drug-likeness (QED) is 0.194.